The van der Waals surface area contributed by atoms with Crippen LogP contribution in [-0.2, 0) is 16.3 Å². The summed E-state index contributed by atoms with van der Waals surface area (Å²) in [6, 6.07) is 2.71. The van der Waals surface area contributed by atoms with Gasteiger partial charge < -0.3 is 5.73 Å². The highest BCUT2D eigenvalue weighted by molar-refractivity contribution is 7.85. The SMILES string of the molecule is CC(C)c1cc(C2CC2)c(-n2nc(C(F)(F)F)nc2N)cc1S(=O)(=O)O. The Morgan fingerprint density at radius 3 is 2.35 bits per heavy atom. The molecule has 2 aromatic rings. The van der Waals surface area contributed by atoms with Crippen LogP contribution in [0.2, 0.25) is 0 Å². The van der Waals surface area contributed by atoms with Gasteiger partial charge in [-0.15, -0.1) is 5.10 Å². The first kappa shape index (κ1) is 18.6. The number of nitrogens with zero attached hydrogens (tertiary/aromatic N) is 3. The Morgan fingerprint density at radius 1 is 1.31 bits per heavy atom. The van der Waals surface area contributed by atoms with E-state index in [2.05, 4.69) is 10.1 Å². The summed E-state index contributed by atoms with van der Waals surface area (Å²) >= 11 is 0. The highest BCUT2D eigenvalue weighted by Crippen LogP contribution is 2.45. The first-order valence-electron chi connectivity index (χ1n) is 7.85. The highest BCUT2D eigenvalue weighted by Gasteiger charge is 2.38. The van der Waals surface area contributed by atoms with E-state index < -0.39 is 28.1 Å². The van der Waals surface area contributed by atoms with Gasteiger partial charge in [0, 0.05) is 0 Å². The van der Waals surface area contributed by atoms with E-state index in [0.717, 1.165) is 23.6 Å². The van der Waals surface area contributed by atoms with Gasteiger partial charge in [-0.2, -0.15) is 31.3 Å². The average Bonchev–Trinajstić information content (AvgIpc) is 3.26. The molecule has 7 nitrogen and oxygen atoms in total. The number of halogens is 3. The largest absolute Gasteiger partial charge is 0.453 e. The van der Waals surface area contributed by atoms with Crippen LogP contribution in [0.15, 0.2) is 17.0 Å². The molecule has 142 valence electrons. The molecule has 0 spiro atoms. The average molecular weight is 390 g/mol. The van der Waals surface area contributed by atoms with Gasteiger partial charge in [-0.25, -0.2) is 0 Å². The van der Waals surface area contributed by atoms with Crippen molar-refractivity contribution in [3.05, 3.63) is 29.1 Å². The smallest absolute Gasteiger partial charge is 0.368 e. The Bertz CT molecular complexity index is 963. The van der Waals surface area contributed by atoms with E-state index in [9.17, 15) is 26.1 Å². The van der Waals surface area contributed by atoms with Crippen molar-refractivity contribution in [3.63, 3.8) is 0 Å². The number of aromatic nitrogens is 3. The predicted octanol–water partition coefficient (Wildman–Crippen LogP) is 3.12. The summed E-state index contributed by atoms with van der Waals surface area (Å²) in [7, 11) is -4.59. The number of benzene rings is 1. The third-order valence-electron chi connectivity index (χ3n) is 4.19. The number of hydrogen-bond donors (Lipinski definition) is 2. The van der Waals surface area contributed by atoms with Crippen LogP contribution in [0.1, 0.15) is 55.5 Å². The second kappa shape index (κ2) is 5.95. The van der Waals surface area contributed by atoms with E-state index in [0.29, 0.717) is 11.1 Å². The molecule has 1 fully saturated rings. The molecule has 1 aliphatic rings. The van der Waals surface area contributed by atoms with Crippen LogP contribution < -0.4 is 5.73 Å². The molecule has 11 heteroatoms. The third-order valence-corrected chi connectivity index (χ3v) is 5.10. The predicted molar refractivity (Wildman–Crippen MR) is 86.7 cm³/mol. The fourth-order valence-electron chi connectivity index (χ4n) is 2.80. The van der Waals surface area contributed by atoms with Gasteiger partial charge in [0.15, 0.2) is 0 Å². The zero-order valence-electron chi connectivity index (χ0n) is 13.9. The Kier molecular flexibility index (Phi) is 4.26. The molecule has 0 bridgehead atoms. The van der Waals surface area contributed by atoms with Gasteiger partial charge in [0.1, 0.15) is 0 Å². The van der Waals surface area contributed by atoms with Crippen LogP contribution in [0.5, 0.6) is 0 Å². The van der Waals surface area contributed by atoms with Crippen LogP contribution in [0.3, 0.4) is 0 Å². The van der Waals surface area contributed by atoms with Crippen LogP contribution in [0, 0.1) is 0 Å². The van der Waals surface area contributed by atoms with Gasteiger partial charge in [0.25, 0.3) is 15.9 Å². The van der Waals surface area contributed by atoms with Gasteiger partial charge >= 0.3 is 6.18 Å². The molecule has 1 saturated carbocycles. The van der Waals surface area contributed by atoms with Crippen LogP contribution >= 0.6 is 0 Å². The molecule has 1 aliphatic carbocycles. The van der Waals surface area contributed by atoms with Gasteiger partial charge in [-0.3, -0.25) is 4.55 Å². The molecular formula is C15H17F3N4O3S. The first-order valence-corrected chi connectivity index (χ1v) is 9.29. The molecule has 1 heterocycles. The van der Waals surface area contributed by atoms with Gasteiger partial charge in [0.05, 0.1) is 10.6 Å². The molecule has 0 radical (unpaired) electrons. The Hall–Kier alpha value is -2.14. The number of nitrogen functional groups attached to an aromatic ring is 1. The van der Waals surface area contributed by atoms with Crippen molar-refractivity contribution >= 4 is 16.1 Å². The summed E-state index contributed by atoms with van der Waals surface area (Å²) in [5.74, 6) is -2.09. The van der Waals surface area contributed by atoms with Crippen molar-refractivity contribution in [3.8, 4) is 5.69 Å². The quantitative estimate of drug-likeness (QED) is 0.776. The molecular weight excluding hydrogens is 373 g/mol. The van der Waals surface area contributed by atoms with Crippen LogP contribution in [-0.4, -0.2) is 27.7 Å². The number of anilines is 1. The maximum absolute atomic E-state index is 12.9. The van der Waals surface area contributed by atoms with Crippen molar-refractivity contribution in [2.24, 2.45) is 0 Å². The molecule has 0 aliphatic heterocycles. The Labute approximate surface area is 147 Å². The number of rotatable bonds is 4. The van der Waals surface area contributed by atoms with E-state index in [1.807, 2.05) is 0 Å². The van der Waals surface area contributed by atoms with Gasteiger partial charge in [0.2, 0.25) is 5.95 Å². The summed E-state index contributed by atoms with van der Waals surface area (Å²) in [4.78, 5) is 2.84. The second-order valence-electron chi connectivity index (χ2n) is 6.56. The topological polar surface area (TPSA) is 111 Å². The van der Waals surface area contributed by atoms with E-state index >= 15 is 0 Å². The zero-order valence-corrected chi connectivity index (χ0v) is 14.8. The lowest BCUT2D eigenvalue weighted by molar-refractivity contribution is -0.144. The van der Waals surface area contributed by atoms with Crippen LogP contribution in [0.4, 0.5) is 19.1 Å². The summed E-state index contributed by atoms with van der Waals surface area (Å²) in [5.41, 5.74) is 6.68. The van der Waals surface area contributed by atoms with Gasteiger partial charge in [-0.05, 0) is 41.9 Å². The molecule has 0 unspecified atom stereocenters. The molecule has 1 aromatic carbocycles. The van der Waals surface area contributed by atoms with Crippen molar-refractivity contribution in [1.29, 1.82) is 0 Å². The number of alkyl halides is 3. The summed E-state index contributed by atoms with van der Waals surface area (Å²) < 4.78 is 72.5. The summed E-state index contributed by atoms with van der Waals surface area (Å²) in [6.07, 6.45) is -3.16. The lowest BCUT2D eigenvalue weighted by Crippen LogP contribution is -2.12. The molecule has 0 saturated heterocycles. The Morgan fingerprint density at radius 2 is 1.92 bits per heavy atom. The summed E-state index contributed by atoms with van der Waals surface area (Å²) in [5, 5.41) is 3.40. The van der Waals surface area contributed by atoms with E-state index in [-0.39, 0.29) is 22.4 Å². The number of hydrogen-bond acceptors (Lipinski definition) is 5. The fraction of sp³-hybridized carbons (Fsp3) is 0.467. The standard InChI is InChI=1S/C15H17F3N4O3S/c1-7(2)9-5-10(8-3-4-8)11(6-12(9)26(23,24)25)22-14(19)20-13(21-22)15(16,17)18/h5-8H,3-4H2,1-2H3,(H2,19,20,21)(H,23,24,25). The molecule has 3 N–H and O–H groups in total. The molecule has 0 atom stereocenters. The monoisotopic (exact) mass is 390 g/mol. The second-order valence-corrected chi connectivity index (χ2v) is 7.95. The highest BCUT2D eigenvalue weighted by atomic mass is 32.2. The number of nitrogens with two attached hydrogens (primary N) is 1. The lowest BCUT2D eigenvalue weighted by atomic mass is 9.97. The fourth-order valence-corrected chi connectivity index (χ4v) is 3.66. The molecule has 0 amide bonds. The normalized spacial score (nSPS) is 15.7. The molecule has 3 rings (SSSR count). The van der Waals surface area contributed by atoms with Crippen molar-refractivity contribution in [1.82, 2.24) is 14.8 Å². The summed E-state index contributed by atoms with van der Waals surface area (Å²) in [6.45, 7) is 3.51. The third kappa shape index (κ3) is 3.40. The first-order chi connectivity index (χ1) is 11.9. The maximum Gasteiger partial charge on any atom is 0.453 e. The zero-order chi connectivity index (χ0) is 19.4. The lowest BCUT2D eigenvalue weighted by Gasteiger charge is -2.17. The Balaban J connectivity index is 2.29. The maximum atomic E-state index is 12.9. The molecule has 1 aromatic heterocycles. The van der Waals surface area contributed by atoms with Crippen molar-refractivity contribution in [2.75, 3.05) is 5.73 Å². The van der Waals surface area contributed by atoms with Gasteiger partial charge in [-0.1, -0.05) is 19.9 Å². The van der Waals surface area contributed by atoms with Crippen molar-refractivity contribution in [2.45, 2.75) is 49.6 Å². The van der Waals surface area contributed by atoms with E-state index in [4.69, 9.17) is 5.73 Å². The van der Waals surface area contributed by atoms with Crippen LogP contribution in [0.25, 0.3) is 5.69 Å². The molecule has 26 heavy (non-hydrogen) atoms. The van der Waals surface area contributed by atoms with E-state index in [1.54, 1.807) is 19.9 Å². The van der Waals surface area contributed by atoms with Crippen molar-refractivity contribution < 1.29 is 26.1 Å². The van der Waals surface area contributed by atoms with E-state index in [1.165, 1.54) is 0 Å². The minimum Gasteiger partial charge on any atom is -0.368 e. The minimum absolute atomic E-state index is 0.0656. The minimum atomic E-state index is -4.79.